The van der Waals surface area contributed by atoms with E-state index >= 15 is 0 Å². The van der Waals surface area contributed by atoms with E-state index < -0.39 is 0 Å². The van der Waals surface area contributed by atoms with E-state index in [1.54, 1.807) is 0 Å². The van der Waals surface area contributed by atoms with Gasteiger partial charge in [0.15, 0.2) is 5.82 Å². The molecule has 0 aliphatic carbocycles. The van der Waals surface area contributed by atoms with Crippen LogP contribution in [0.3, 0.4) is 0 Å². The van der Waals surface area contributed by atoms with Gasteiger partial charge in [-0.25, -0.2) is 0 Å². The van der Waals surface area contributed by atoms with Gasteiger partial charge in [-0.05, 0) is 37.1 Å². The molecule has 5 nitrogen and oxygen atoms in total. The molecule has 1 heterocycles. The summed E-state index contributed by atoms with van der Waals surface area (Å²) >= 11 is 5.54. The van der Waals surface area contributed by atoms with Crippen molar-refractivity contribution in [2.24, 2.45) is 0 Å². The van der Waals surface area contributed by atoms with E-state index in [0.29, 0.717) is 11.7 Å². The van der Waals surface area contributed by atoms with Crippen LogP contribution in [0.1, 0.15) is 22.8 Å². The molecule has 0 unspecified atom stereocenters. The molecule has 1 amide bonds. The zero-order valence-electron chi connectivity index (χ0n) is 10.7. The van der Waals surface area contributed by atoms with Crippen molar-refractivity contribution >= 4 is 23.2 Å². The van der Waals surface area contributed by atoms with E-state index in [1.165, 1.54) is 5.56 Å². The number of anilines is 1. The van der Waals surface area contributed by atoms with E-state index in [4.69, 9.17) is 16.1 Å². The van der Waals surface area contributed by atoms with Crippen molar-refractivity contribution in [3.63, 3.8) is 0 Å². The Morgan fingerprint density at radius 2 is 2.16 bits per heavy atom. The smallest absolute Gasteiger partial charge is 0.241 e. The number of nitrogens with one attached hydrogen (secondary N) is 1. The van der Waals surface area contributed by atoms with Crippen molar-refractivity contribution in [2.75, 3.05) is 5.32 Å². The van der Waals surface area contributed by atoms with Crippen molar-refractivity contribution in [1.29, 1.82) is 0 Å². The normalized spacial score (nSPS) is 10.5. The molecule has 0 bridgehead atoms. The predicted molar refractivity (Wildman–Crippen MR) is 72.1 cm³/mol. The predicted octanol–water partition coefficient (Wildman–Crippen LogP) is 2.61. The second-order valence-corrected chi connectivity index (χ2v) is 4.53. The molecule has 2 aromatic rings. The molecule has 1 aromatic heterocycles. The second-order valence-electron chi connectivity index (χ2n) is 4.26. The minimum Gasteiger partial charge on any atom is -0.338 e. The number of carbonyl (C=O) groups is 1. The summed E-state index contributed by atoms with van der Waals surface area (Å²) in [7, 11) is 0. The molecule has 19 heavy (non-hydrogen) atoms. The molecule has 100 valence electrons. The quantitative estimate of drug-likeness (QED) is 0.874. The number of halogens is 1. The van der Waals surface area contributed by atoms with Gasteiger partial charge in [0.1, 0.15) is 5.88 Å². The van der Waals surface area contributed by atoms with Crippen LogP contribution in [0.5, 0.6) is 0 Å². The third kappa shape index (κ3) is 3.54. The molecule has 0 fully saturated rings. The van der Waals surface area contributed by atoms with Crippen LogP contribution in [0, 0.1) is 13.8 Å². The number of amides is 1. The second kappa shape index (κ2) is 5.84. The van der Waals surface area contributed by atoms with Gasteiger partial charge in [-0.15, -0.1) is 11.6 Å². The first kappa shape index (κ1) is 13.5. The van der Waals surface area contributed by atoms with E-state index in [1.807, 2.05) is 32.0 Å². The summed E-state index contributed by atoms with van der Waals surface area (Å²) in [5.74, 6) is 0.601. The van der Waals surface area contributed by atoms with Gasteiger partial charge in [0.2, 0.25) is 11.8 Å². The lowest BCUT2D eigenvalue weighted by Gasteiger charge is -2.06. The first-order valence-corrected chi connectivity index (χ1v) is 6.36. The highest BCUT2D eigenvalue weighted by Crippen LogP contribution is 2.14. The first-order chi connectivity index (χ1) is 9.08. The van der Waals surface area contributed by atoms with Gasteiger partial charge in [0.25, 0.3) is 0 Å². The Hall–Kier alpha value is -1.88. The molecule has 0 aliphatic rings. The summed E-state index contributed by atoms with van der Waals surface area (Å²) in [6.45, 7) is 4.02. The summed E-state index contributed by atoms with van der Waals surface area (Å²) in [6, 6.07) is 5.75. The Labute approximate surface area is 116 Å². The molecule has 0 atom stereocenters. The summed E-state index contributed by atoms with van der Waals surface area (Å²) in [5.41, 5.74) is 3.07. The Bertz CT molecular complexity index is 595. The number of benzene rings is 1. The van der Waals surface area contributed by atoms with Crippen molar-refractivity contribution < 1.29 is 9.32 Å². The van der Waals surface area contributed by atoms with Gasteiger partial charge in [-0.2, -0.15) is 4.98 Å². The van der Waals surface area contributed by atoms with E-state index in [9.17, 15) is 4.79 Å². The summed E-state index contributed by atoms with van der Waals surface area (Å²) in [6.07, 6.45) is 0.0628. The Kier molecular flexibility index (Phi) is 4.16. The fourth-order valence-corrected chi connectivity index (χ4v) is 1.69. The molecule has 0 saturated heterocycles. The van der Waals surface area contributed by atoms with Gasteiger partial charge < -0.3 is 9.84 Å². The molecule has 1 N–H and O–H groups in total. The number of aromatic nitrogens is 2. The molecule has 0 radical (unpaired) electrons. The Morgan fingerprint density at radius 3 is 2.79 bits per heavy atom. The minimum atomic E-state index is -0.190. The number of carbonyl (C=O) groups excluding carboxylic acids is 1. The lowest BCUT2D eigenvalue weighted by atomic mass is 10.1. The fourth-order valence-electron chi connectivity index (χ4n) is 1.58. The van der Waals surface area contributed by atoms with Gasteiger partial charge in [0, 0.05) is 5.69 Å². The minimum absolute atomic E-state index is 0.0628. The first-order valence-electron chi connectivity index (χ1n) is 5.83. The van der Waals surface area contributed by atoms with Crippen LogP contribution in [0.15, 0.2) is 22.7 Å². The summed E-state index contributed by atoms with van der Waals surface area (Å²) < 4.78 is 4.83. The third-order valence-corrected chi connectivity index (χ3v) is 2.96. The molecule has 2 rings (SSSR count). The Balaban J connectivity index is 1.98. The van der Waals surface area contributed by atoms with Crippen LogP contribution < -0.4 is 5.32 Å². The molecule has 1 aromatic carbocycles. The lowest BCUT2D eigenvalue weighted by molar-refractivity contribution is -0.115. The average molecular weight is 280 g/mol. The maximum Gasteiger partial charge on any atom is 0.241 e. The van der Waals surface area contributed by atoms with Crippen LogP contribution in [-0.4, -0.2) is 16.0 Å². The fraction of sp³-hybridized carbons (Fsp3) is 0.308. The highest BCUT2D eigenvalue weighted by Gasteiger charge is 2.10. The number of rotatable bonds is 4. The van der Waals surface area contributed by atoms with Crippen molar-refractivity contribution in [3.8, 4) is 0 Å². The maximum absolute atomic E-state index is 11.8. The monoisotopic (exact) mass is 279 g/mol. The molecular formula is C13H14ClN3O2. The van der Waals surface area contributed by atoms with Crippen LogP contribution in [0.2, 0.25) is 0 Å². The van der Waals surface area contributed by atoms with Crippen molar-refractivity contribution in [2.45, 2.75) is 26.1 Å². The van der Waals surface area contributed by atoms with E-state index in [2.05, 4.69) is 15.5 Å². The molecule has 0 saturated carbocycles. The van der Waals surface area contributed by atoms with Crippen LogP contribution in [-0.2, 0) is 17.1 Å². The zero-order chi connectivity index (χ0) is 13.8. The van der Waals surface area contributed by atoms with Crippen LogP contribution in [0.4, 0.5) is 5.69 Å². The molecular weight excluding hydrogens is 266 g/mol. The average Bonchev–Trinajstić information content (AvgIpc) is 2.81. The largest absolute Gasteiger partial charge is 0.338 e. The zero-order valence-corrected chi connectivity index (χ0v) is 11.5. The van der Waals surface area contributed by atoms with E-state index in [-0.39, 0.29) is 18.2 Å². The SMILES string of the molecule is Cc1ccc(NC(=O)Cc2noc(CCl)n2)cc1C. The summed E-state index contributed by atoms with van der Waals surface area (Å²) in [4.78, 5) is 15.8. The standard InChI is InChI=1S/C13H14ClN3O2/c1-8-3-4-10(5-9(8)2)15-12(18)6-11-16-13(7-14)19-17-11/h3-5H,6-7H2,1-2H3,(H,15,18). The highest BCUT2D eigenvalue weighted by molar-refractivity contribution is 6.16. The van der Waals surface area contributed by atoms with Crippen molar-refractivity contribution in [1.82, 2.24) is 10.1 Å². The number of nitrogens with zero attached hydrogens (tertiary/aromatic N) is 2. The van der Waals surface area contributed by atoms with Crippen LogP contribution >= 0.6 is 11.6 Å². The van der Waals surface area contributed by atoms with Gasteiger partial charge >= 0.3 is 0 Å². The lowest BCUT2D eigenvalue weighted by Crippen LogP contribution is -2.15. The molecule has 0 aliphatic heterocycles. The van der Waals surface area contributed by atoms with Crippen LogP contribution in [0.25, 0.3) is 0 Å². The van der Waals surface area contributed by atoms with Gasteiger partial charge in [-0.3, -0.25) is 4.79 Å². The number of alkyl halides is 1. The third-order valence-electron chi connectivity index (χ3n) is 2.73. The molecule has 6 heteroatoms. The Morgan fingerprint density at radius 1 is 1.37 bits per heavy atom. The highest BCUT2D eigenvalue weighted by atomic mass is 35.5. The van der Waals surface area contributed by atoms with Crippen molar-refractivity contribution in [3.05, 3.63) is 41.0 Å². The van der Waals surface area contributed by atoms with Gasteiger partial charge in [0.05, 0.1) is 6.42 Å². The summed E-state index contributed by atoms with van der Waals surface area (Å²) in [5, 5.41) is 6.46. The number of hydrogen-bond donors (Lipinski definition) is 1. The number of aryl methyl sites for hydroxylation is 2. The van der Waals surface area contributed by atoms with Gasteiger partial charge in [-0.1, -0.05) is 11.2 Å². The van der Waals surface area contributed by atoms with E-state index in [0.717, 1.165) is 11.3 Å². The maximum atomic E-state index is 11.8. The molecule has 0 spiro atoms. The number of hydrogen-bond acceptors (Lipinski definition) is 4. The topological polar surface area (TPSA) is 68.0 Å².